The zero-order valence-electron chi connectivity index (χ0n) is 10.5. The van der Waals surface area contributed by atoms with Crippen LogP contribution in [-0.4, -0.2) is 24.6 Å². The first-order valence-electron chi connectivity index (χ1n) is 5.69. The maximum absolute atomic E-state index is 8.86. The Balaban J connectivity index is 3.57. The molecule has 1 N–H and O–H groups in total. The predicted molar refractivity (Wildman–Crippen MR) is 69.1 cm³/mol. The summed E-state index contributed by atoms with van der Waals surface area (Å²) in [7, 11) is 0. The molecule has 0 bridgehead atoms. The first-order valence-corrected chi connectivity index (χ1v) is 7.08. The number of hydrogen-bond acceptors (Lipinski definition) is 3. The Kier molecular flexibility index (Phi) is 7.90. The van der Waals surface area contributed by atoms with E-state index in [2.05, 4.69) is 24.6 Å². The van der Waals surface area contributed by atoms with Gasteiger partial charge in [0.25, 0.3) is 0 Å². The highest BCUT2D eigenvalue weighted by atomic mass is 32.2. The molecular formula is C12H24N2S. The molecule has 0 radical (unpaired) electrons. The van der Waals surface area contributed by atoms with Crippen molar-refractivity contribution in [3.63, 3.8) is 0 Å². The van der Waals surface area contributed by atoms with E-state index in [1.807, 2.05) is 25.6 Å². The zero-order valence-corrected chi connectivity index (χ0v) is 11.3. The molecule has 0 heterocycles. The van der Waals surface area contributed by atoms with Crippen LogP contribution >= 0.6 is 11.8 Å². The van der Waals surface area contributed by atoms with Crippen LogP contribution < -0.4 is 5.32 Å². The summed E-state index contributed by atoms with van der Waals surface area (Å²) in [6.07, 6.45) is 5.39. The fourth-order valence-corrected chi connectivity index (χ4v) is 2.17. The summed E-state index contributed by atoms with van der Waals surface area (Å²) in [5.41, 5.74) is -0.164. The molecule has 1 unspecified atom stereocenters. The average molecular weight is 228 g/mol. The molecule has 15 heavy (non-hydrogen) atoms. The van der Waals surface area contributed by atoms with Crippen molar-refractivity contribution in [3.05, 3.63) is 0 Å². The minimum atomic E-state index is -0.164. The van der Waals surface area contributed by atoms with Gasteiger partial charge in [-0.2, -0.15) is 17.0 Å². The van der Waals surface area contributed by atoms with Gasteiger partial charge in [0, 0.05) is 11.8 Å². The summed E-state index contributed by atoms with van der Waals surface area (Å²) in [4.78, 5) is 0. The van der Waals surface area contributed by atoms with E-state index in [0.717, 1.165) is 19.4 Å². The normalized spacial score (nSPS) is 13.5. The monoisotopic (exact) mass is 228 g/mol. The fourth-order valence-electron chi connectivity index (χ4n) is 1.41. The fraction of sp³-hybridized carbons (Fsp3) is 0.917. The molecule has 0 rings (SSSR count). The van der Waals surface area contributed by atoms with Crippen LogP contribution in [0.25, 0.3) is 0 Å². The Morgan fingerprint density at radius 1 is 1.47 bits per heavy atom. The maximum atomic E-state index is 8.86. The van der Waals surface area contributed by atoms with Gasteiger partial charge in [0.2, 0.25) is 0 Å². The topological polar surface area (TPSA) is 35.8 Å². The van der Waals surface area contributed by atoms with Crippen LogP contribution in [0.5, 0.6) is 0 Å². The van der Waals surface area contributed by atoms with Crippen molar-refractivity contribution in [3.8, 4) is 6.07 Å². The predicted octanol–water partition coefficient (Wildman–Crippen LogP) is 3.05. The summed E-state index contributed by atoms with van der Waals surface area (Å²) >= 11 is 1.89. The molecule has 0 spiro atoms. The molecule has 0 aromatic rings. The largest absolute Gasteiger partial charge is 0.313 e. The summed E-state index contributed by atoms with van der Waals surface area (Å²) in [6.45, 7) is 7.26. The molecule has 2 nitrogen and oxygen atoms in total. The Hall–Kier alpha value is -0.200. The second-order valence-electron chi connectivity index (χ2n) is 4.61. The highest BCUT2D eigenvalue weighted by Gasteiger charge is 2.15. The molecule has 1 atom stereocenters. The van der Waals surface area contributed by atoms with Crippen molar-refractivity contribution < 1.29 is 0 Å². The third-order valence-corrected chi connectivity index (χ3v) is 3.31. The number of hydrogen-bond donors (Lipinski definition) is 1. The van der Waals surface area contributed by atoms with E-state index < -0.39 is 0 Å². The summed E-state index contributed by atoms with van der Waals surface area (Å²) < 4.78 is 0. The lowest BCUT2D eigenvalue weighted by Gasteiger charge is -2.18. The number of nitrogens with one attached hydrogen (secondary N) is 1. The molecule has 0 aromatic heterocycles. The van der Waals surface area contributed by atoms with Gasteiger partial charge in [-0.15, -0.1) is 0 Å². The molecular weight excluding hydrogens is 204 g/mol. The third-order valence-electron chi connectivity index (χ3n) is 2.57. The van der Waals surface area contributed by atoms with Crippen LogP contribution in [-0.2, 0) is 0 Å². The first kappa shape index (κ1) is 14.8. The molecule has 0 aliphatic rings. The van der Waals surface area contributed by atoms with Crippen LogP contribution in [0.4, 0.5) is 0 Å². The molecule has 0 fully saturated rings. The minimum absolute atomic E-state index is 0.164. The van der Waals surface area contributed by atoms with E-state index in [1.54, 1.807) is 0 Å². The minimum Gasteiger partial charge on any atom is -0.313 e. The van der Waals surface area contributed by atoms with Gasteiger partial charge in [-0.3, -0.25) is 0 Å². The lowest BCUT2D eigenvalue weighted by Crippen LogP contribution is -2.31. The number of nitrogens with zero attached hydrogens (tertiary/aromatic N) is 1. The molecule has 88 valence electrons. The van der Waals surface area contributed by atoms with Gasteiger partial charge in [-0.05, 0) is 45.9 Å². The van der Waals surface area contributed by atoms with E-state index >= 15 is 0 Å². The number of rotatable bonds is 8. The van der Waals surface area contributed by atoms with E-state index in [4.69, 9.17) is 5.26 Å². The van der Waals surface area contributed by atoms with E-state index in [0.29, 0.717) is 6.04 Å². The van der Waals surface area contributed by atoms with Gasteiger partial charge in [0.05, 0.1) is 11.5 Å². The lowest BCUT2D eigenvalue weighted by molar-refractivity contribution is 0.414. The van der Waals surface area contributed by atoms with Crippen LogP contribution in [0.3, 0.4) is 0 Å². The molecule has 0 aromatic carbocycles. The molecule has 0 aliphatic carbocycles. The van der Waals surface area contributed by atoms with E-state index in [9.17, 15) is 0 Å². The third kappa shape index (κ3) is 7.70. The summed E-state index contributed by atoms with van der Waals surface area (Å²) in [5.74, 6) is 1.18. The van der Waals surface area contributed by atoms with Crippen molar-refractivity contribution in [2.24, 2.45) is 5.41 Å². The van der Waals surface area contributed by atoms with Gasteiger partial charge in [-0.1, -0.05) is 6.92 Å². The van der Waals surface area contributed by atoms with Gasteiger partial charge < -0.3 is 5.32 Å². The van der Waals surface area contributed by atoms with Gasteiger partial charge >= 0.3 is 0 Å². The Labute approximate surface area is 98.8 Å². The summed E-state index contributed by atoms with van der Waals surface area (Å²) in [5, 5.41) is 12.4. The molecule has 0 saturated heterocycles. The average Bonchev–Trinajstić information content (AvgIpc) is 2.22. The second kappa shape index (κ2) is 8.01. The van der Waals surface area contributed by atoms with Crippen LogP contribution in [0.15, 0.2) is 0 Å². The van der Waals surface area contributed by atoms with Crippen molar-refractivity contribution in [1.82, 2.24) is 5.32 Å². The van der Waals surface area contributed by atoms with Crippen molar-refractivity contribution in [1.29, 1.82) is 5.26 Å². The van der Waals surface area contributed by atoms with Crippen LogP contribution in [0, 0.1) is 16.7 Å². The van der Waals surface area contributed by atoms with E-state index in [1.165, 1.54) is 12.2 Å². The molecule has 0 amide bonds. The van der Waals surface area contributed by atoms with Crippen molar-refractivity contribution in [2.75, 3.05) is 18.6 Å². The maximum Gasteiger partial charge on any atom is 0.0683 e. The standard InChI is InChI=1S/C12H24N2S/c1-5-11(9-15-4)14-8-6-7-12(2,3)10-13/h11,14H,5-9H2,1-4H3. The highest BCUT2D eigenvalue weighted by molar-refractivity contribution is 7.98. The highest BCUT2D eigenvalue weighted by Crippen LogP contribution is 2.20. The van der Waals surface area contributed by atoms with Gasteiger partial charge in [0.15, 0.2) is 0 Å². The van der Waals surface area contributed by atoms with Crippen molar-refractivity contribution >= 4 is 11.8 Å². The van der Waals surface area contributed by atoms with E-state index in [-0.39, 0.29) is 5.41 Å². The smallest absolute Gasteiger partial charge is 0.0683 e. The SMILES string of the molecule is CCC(CSC)NCCCC(C)(C)C#N. The first-order chi connectivity index (χ1) is 7.05. The summed E-state index contributed by atoms with van der Waals surface area (Å²) in [6, 6.07) is 2.97. The zero-order chi connectivity index (χ0) is 11.7. The van der Waals surface area contributed by atoms with Crippen LogP contribution in [0.2, 0.25) is 0 Å². The molecule has 0 saturated carbocycles. The quantitative estimate of drug-likeness (QED) is 0.649. The van der Waals surface area contributed by atoms with Crippen molar-refractivity contribution in [2.45, 2.75) is 46.1 Å². The Bertz CT molecular complexity index is 196. The lowest BCUT2D eigenvalue weighted by atomic mass is 9.90. The molecule has 3 heteroatoms. The van der Waals surface area contributed by atoms with Crippen LogP contribution in [0.1, 0.15) is 40.0 Å². The number of thioether (sulfide) groups is 1. The molecule has 0 aliphatic heterocycles. The second-order valence-corrected chi connectivity index (χ2v) is 5.52. The van der Waals surface area contributed by atoms with Gasteiger partial charge in [-0.25, -0.2) is 0 Å². The Morgan fingerprint density at radius 2 is 2.13 bits per heavy atom. The number of nitriles is 1. The van der Waals surface area contributed by atoms with Gasteiger partial charge in [0.1, 0.15) is 0 Å². The Morgan fingerprint density at radius 3 is 2.60 bits per heavy atom.